The van der Waals surface area contributed by atoms with Crippen molar-refractivity contribution in [1.29, 1.82) is 0 Å². The van der Waals surface area contributed by atoms with E-state index in [9.17, 15) is 12.8 Å². The molecule has 0 spiro atoms. The van der Waals surface area contributed by atoms with E-state index < -0.39 is 15.8 Å². The van der Waals surface area contributed by atoms with Crippen molar-refractivity contribution in [3.05, 3.63) is 35.8 Å². The van der Waals surface area contributed by atoms with Crippen LogP contribution >= 0.6 is 11.5 Å². The summed E-state index contributed by atoms with van der Waals surface area (Å²) in [6, 6.07) is 3.45. The third-order valence-corrected chi connectivity index (χ3v) is 4.24. The molecule has 1 heterocycles. The van der Waals surface area contributed by atoms with E-state index in [0.717, 1.165) is 17.6 Å². The van der Waals surface area contributed by atoms with E-state index in [0.29, 0.717) is 0 Å². The number of nitrogens with one attached hydrogen (secondary N) is 1. The van der Waals surface area contributed by atoms with Crippen LogP contribution in [0, 0.1) is 17.7 Å². The molecule has 0 unspecified atom stereocenters. The summed E-state index contributed by atoms with van der Waals surface area (Å²) in [5, 5.41) is 3.75. The predicted molar refractivity (Wildman–Crippen MR) is 73.0 cm³/mol. The summed E-state index contributed by atoms with van der Waals surface area (Å²) in [6.45, 7) is 0.0967. The van der Waals surface area contributed by atoms with Gasteiger partial charge in [0.1, 0.15) is 10.8 Å². The number of anilines is 1. The van der Waals surface area contributed by atoms with Gasteiger partial charge in [0.2, 0.25) is 0 Å². The highest BCUT2D eigenvalue weighted by molar-refractivity contribution is 7.93. The molecule has 0 aliphatic rings. The number of hydrogen-bond acceptors (Lipinski definition) is 6. The standard InChI is InChI=1S/C11H9FN4O2S2/c12-10-6-9(4-3-8(10)2-1-5-13)20(17,18)15-11-7-14-16-19-11/h3-4,6-7,15H,5,13H2. The number of hydrogen-bond donors (Lipinski definition) is 2. The zero-order chi connectivity index (χ0) is 14.6. The molecule has 1 aromatic carbocycles. The number of sulfonamides is 1. The van der Waals surface area contributed by atoms with E-state index in [1.807, 2.05) is 0 Å². The number of nitrogens with zero attached hydrogens (tertiary/aromatic N) is 2. The predicted octanol–water partition coefficient (Wildman–Crippen LogP) is 0.788. The highest BCUT2D eigenvalue weighted by Crippen LogP contribution is 2.19. The molecule has 3 N–H and O–H groups in total. The smallest absolute Gasteiger partial charge is 0.262 e. The van der Waals surface area contributed by atoms with Crippen molar-refractivity contribution in [2.45, 2.75) is 4.90 Å². The Balaban J connectivity index is 2.31. The zero-order valence-corrected chi connectivity index (χ0v) is 11.6. The fraction of sp³-hybridized carbons (Fsp3) is 0.0909. The summed E-state index contributed by atoms with van der Waals surface area (Å²) in [5.41, 5.74) is 5.28. The Morgan fingerprint density at radius 1 is 1.45 bits per heavy atom. The van der Waals surface area contributed by atoms with Crippen LogP contribution in [-0.2, 0) is 10.0 Å². The molecule has 0 atom stereocenters. The summed E-state index contributed by atoms with van der Waals surface area (Å²) >= 11 is 0.882. The fourth-order valence-electron chi connectivity index (χ4n) is 1.31. The molecule has 0 bridgehead atoms. The van der Waals surface area contributed by atoms with Crippen molar-refractivity contribution in [1.82, 2.24) is 9.59 Å². The van der Waals surface area contributed by atoms with Crippen molar-refractivity contribution in [3.8, 4) is 11.8 Å². The van der Waals surface area contributed by atoms with Crippen LogP contribution in [0.1, 0.15) is 5.56 Å². The molecule has 0 saturated heterocycles. The van der Waals surface area contributed by atoms with Gasteiger partial charge >= 0.3 is 0 Å². The molecular weight excluding hydrogens is 303 g/mol. The number of benzene rings is 1. The largest absolute Gasteiger partial charge is 0.320 e. The Bertz CT molecular complexity index is 763. The summed E-state index contributed by atoms with van der Waals surface area (Å²) in [4.78, 5) is -0.207. The lowest BCUT2D eigenvalue weighted by Crippen LogP contribution is -2.12. The second-order valence-electron chi connectivity index (χ2n) is 3.53. The lowest BCUT2D eigenvalue weighted by atomic mass is 10.2. The van der Waals surface area contributed by atoms with Crippen LogP contribution in [0.3, 0.4) is 0 Å². The van der Waals surface area contributed by atoms with Gasteiger partial charge in [-0.2, -0.15) is 0 Å². The number of nitrogens with two attached hydrogens (primary N) is 1. The van der Waals surface area contributed by atoms with E-state index in [4.69, 9.17) is 5.73 Å². The summed E-state index contributed by atoms with van der Waals surface area (Å²) in [7, 11) is -3.88. The van der Waals surface area contributed by atoms with Gasteiger partial charge in [0.15, 0.2) is 0 Å². The average Bonchev–Trinajstić information content (AvgIpc) is 2.89. The molecule has 0 aliphatic heterocycles. The number of halogens is 1. The van der Waals surface area contributed by atoms with E-state index >= 15 is 0 Å². The first kappa shape index (κ1) is 14.4. The van der Waals surface area contributed by atoms with Gasteiger partial charge in [-0.3, -0.25) is 4.72 Å². The van der Waals surface area contributed by atoms with Crippen molar-refractivity contribution < 1.29 is 12.8 Å². The van der Waals surface area contributed by atoms with Crippen molar-refractivity contribution >= 4 is 26.6 Å². The van der Waals surface area contributed by atoms with E-state index in [-0.39, 0.29) is 22.0 Å². The van der Waals surface area contributed by atoms with Crippen LogP contribution in [-0.4, -0.2) is 24.5 Å². The molecule has 9 heteroatoms. The number of rotatable bonds is 3. The molecule has 6 nitrogen and oxygen atoms in total. The first-order chi connectivity index (χ1) is 9.53. The second-order valence-corrected chi connectivity index (χ2v) is 6.00. The molecule has 2 aromatic rings. The quantitative estimate of drug-likeness (QED) is 0.817. The van der Waals surface area contributed by atoms with Crippen LogP contribution in [0.25, 0.3) is 0 Å². The molecule has 1 aromatic heterocycles. The monoisotopic (exact) mass is 312 g/mol. The topological polar surface area (TPSA) is 98.0 Å². The molecule has 0 fully saturated rings. The number of aromatic nitrogens is 2. The van der Waals surface area contributed by atoms with Crippen LogP contribution in [0.4, 0.5) is 9.39 Å². The highest BCUT2D eigenvalue weighted by Gasteiger charge is 2.17. The third kappa shape index (κ3) is 3.30. The molecular formula is C11H9FN4O2S2. The lowest BCUT2D eigenvalue weighted by molar-refractivity contribution is 0.594. The maximum Gasteiger partial charge on any atom is 0.262 e. The van der Waals surface area contributed by atoms with Crippen molar-refractivity contribution in [2.75, 3.05) is 11.3 Å². The summed E-state index contributed by atoms with van der Waals surface area (Å²) in [6.07, 6.45) is 1.26. The second kappa shape index (κ2) is 5.96. The Morgan fingerprint density at radius 2 is 2.25 bits per heavy atom. The van der Waals surface area contributed by atoms with E-state index in [1.165, 1.54) is 18.3 Å². The molecule has 20 heavy (non-hydrogen) atoms. The normalized spacial score (nSPS) is 10.7. The van der Waals surface area contributed by atoms with Crippen molar-refractivity contribution in [3.63, 3.8) is 0 Å². The van der Waals surface area contributed by atoms with Crippen LogP contribution in [0.15, 0.2) is 29.3 Å². The lowest BCUT2D eigenvalue weighted by Gasteiger charge is -2.05. The van der Waals surface area contributed by atoms with Gasteiger partial charge in [-0.1, -0.05) is 16.3 Å². The average molecular weight is 312 g/mol. The fourth-order valence-corrected chi connectivity index (χ4v) is 3.01. The van der Waals surface area contributed by atoms with Gasteiger partial charge in [-0.15, -0.1) is 5.10 Å². The van der Waals surface area contributed by atoms with Gasteiger partial charge in [0.05, 0.1) is 23.2 Å². The third-order valence-electron chi connectivity index (χ3n) is 2.17. The van der Waals surface area contributed by atoms with E-state index in [1.54, 1.807) is 0 Å². The van der Waals surface area contributed by atoms with Crippen LogP contribution in [0.2, 0.25) is 0 Å². The Hall–Kier alpha value is -2.02. The van der Waals surface area contributed by atoms with Gasteiger partial charge in [0.25, 0.3) is 10.0 Å². The maximum atomic E-state index is 13.7. The molecule has 0 aliphatic carbocycles. The van der Waals surface area contributed by atoms with Gasteiger partial charge < -0.3 is 5.73 Å². The Morgan fingerprint density at radius 3 is 2.85 bits per heavy atom. The first-order valence-electron chi connectivity index (χ1n) is 5.31. The minimum Gasteiger partial charge on any atom is -0.320 e. The summed E-state index contributed by atoms with van der Waals surface area (Å²) in [5.74, 6) is 4.29. The molecule has 0 saturated carbocycles. The molecule has 2 rings (SSSR count). The minimum atomic E-state index is -3.88. The highest BCUT2D eigenvalue weighted by atomic mass is 32.2. The molecule has 0 amide bonds. The Labute approximate surface area is 119 Å². The SMILES string of the molecule is NCC#Cc1ccc(S(=O)(=O)Nc2cnns2)cc1F. The van der Waals surface area contributed by atoms with Gasteiger partial charge in [-0.25, -0.2) is 12.8 Å². The Kier molecular flexibility index (Phi) is 4.29. The molecule has 0 radical (unpaired) electrons. The molecule has 104 valence electrons. The van der Waals surface area contributed by atoms with Gasteiger partial charge in [-0.05, 0) is 18.2 Å². The zero-order valence-electron chi connectivity index (χ0n) is 10.00. The van der Waals surface area contributed by atoms with Crippen molar-refractivity contribution in [2.24, 2.45) is 5.73 Å². The summed E-state index contributed by atoms with van der Waals surface area (Å²) < 4.78 is 43.5. The van der Waals surface area contributed by atoms with Crippen LogP contribution < -0.4 is 10.5 Å². The van der Waals surface area contributed by atoms with Crippen LogP contribution in [0.5, 0.6) is 0 Å². The van der Waals surface area contributed by atoms with E-state index in [2.05, 4.69) is 26.1 Å². The minimum absolute atomic E-state index is 0.0915. The maximum absolute atomic E-state index is 13.7. The first-order valence-corrected chi connectivity index (χ1v) is 7.57. The van der Waals surface area contributed by atoms with Gasteiger partial charge in [0, 0.05) is 11.5 Å².